The van der Waals surface area contributed by atoms with Crippen molar-refractivity contribution in [3.8, 4) is 6.07 Å². The van der Waals surface area contributed by atoms with Gasteiger partial charge in [-0.1, -0.05) is 122 Å². The Labute approximate surface area is 186 Å². The molecule has 2 aliphatic rings. The number of hydrogen-bond acceptors (Lipinski definition) is 1. The van der Waals surface area contributed by atoms with Gasteiger partial charge in [0.05, 0.1) is 0 Å². The first-order valence-corrected chi connectivity index (χ1v) is 13.1. The molecule has 0 radical (unpaired) electrons. The Morgan fingerprint density at radius 1 is 0.767 bits per heavy atom. The highest BCUT2D eigenvalue weighted by Crippen LogP contribution is 2.38. The summed E-state index contributed by atoms with van der Waals surface area (Å²) in [6.07, 6.45) is 30.4. The second-order valence-electron chi connectivity index (χ2n) is 10.2. The van der Waals surface area contributed by atoms with Crippen molar-refractivity contribution in [2.75, 3.05) is 0 Å². The van der Waals surface area contributed by atoms with Crippen molar-refractivity contribution in [1.82, 2.24) is 0 Å². The number of hydrogen-bond donors (Lipinski definition) is 0. The zero-order valence-corrected chi connectivity index (χ0v) is 19.6. The van der Waals surface area contributed by atoms with Crippen LogP contribution in [0.5, 0.6) is 0 Å². The van der Waals surface area contributed by atoms with Crippen LogP contribution in [0.25, 0.3) is 0 Å². The summed E-state index contributed by atoms with van der Waals surface area (Å²) in [5, 5.41) is 8.39. The molecule has 170 valence electrons. The second kappa shape index (κ2) is 15.7. The summed E-state index contributed by atoms with van der Waals surface area (Å²) in [6.45, 7) is 2.30. The minimum Gasteiger partial charge on any atom is -0.195 e. The van der Waals surface area contributed by atoms with Crippen molar-refractivity contribution in [2.24, 2.45) is 23.7 Å². The highest BCUT2D eigenvalue weighted by molar-refractivity contribution is 5.18. The van der Waals surface area contributed by atoms with E-state index in [0.717, 1.165) is 30.1 Å². The zero-order valence-electron chi connectivity index (χ0n) is 19.6. The van der Waals surface area contributed by atoms with Crippen molar-refractivity contribution in [3.05, 3.63) is 24.1 Å². The Morgan fingerprint density at radius 2 is 1.27 bits per heavy atom. The molecular weight excluding hydrogens is 369 g/mol. The molecule has 0 aliphatic heterocycles. The Bertz CT molecular complexity index is 527. The molecule has 2 rings (SSSR count). The first kappa shape index (κ1) is 25.2. The van der Waals surface area contributed by atoms with Gasteiger partial charge in [-0.2, -0.15) is 9.65 Å². The maximum Gasteiger partial charge on any atom is 0.199 e. The number of nitriles is 1. The minimum atomic E-state index is -0.706. The van der Waals surface area contributed by atoms with Crippen LogP contribution in [-0.2, 0) is 0 Å². The molecule has 0 heterocycles. The van der Waals surface area contributed by atoms with Gasteiger partial charge >= 0.3 is 0 Å². The van der Waals surface area contributed by atoms with Crippen molar-refractivity contribution in [2.45, 2.75) is 122 Å². The van der Waals surface area contributed by atoms with Gasteiger partial charge in [0.15, 0.2) is 5.83 Å². The molecule has 2 saturated carbocycles. The fourth-order valence-corrected chi connectivity index (χ4v) is 5.74. The quantitative estimate of drug-likeness (QED) is 0.167. The van der Waals surface area contributed by atoms with E-state index in [2.05, 4.69) is 6.92 Å². The fraction of sp³-hybridized carbons (Fsp3) is 0.821. The van der Waals surface area contributed by atoms with E-state index in [1.807, 2.05) is 6.08 Å². The van der Waals surface area contributed by atoms with Crippen molar-refractivity contribution >= 4 is 0 Å². The Balaban J connectivity index is 1.48. The van der Waals surface area contributed by atoms with E-state index in [1.54, 1.807) is 6.08 Å². The van der Waals surface area contributed by atoms with E-state index in [-0.39, 0.29) is 0 Å². The molecule has 0 bridgehead atoms. The zero-order chi connectivity index (χ0) is 21.4. The lowest BCUT2D eigenvalue weighted by atomic mass is 9.74. The fourth-order valence-electron chi connectivity index (χ4n) is 5.74. The van der Waals surface area contributed by atoms with E-state index < -0.39 is 5.83 Å². The third-order valence-electron chi connectivity index (χ3n) is 7.86. The van der Waals surface area contributed by atoms with Gasteiger partial charge in [0, 0.05) is 0 Å². The molecule has 0 amide bonds. The van der Waals surface area contributed by atoms with Gasteiger partial charge in [-0.15, -0.1) is 0 Å². The van der Waals surface area contributed by atoms with Gasteiger partial charge in [0.25, 0.3) is 0 Å². The van der Waals surface area contributed by atoms with E-state index in [4.69, 9.17) is 5.26 Å². The minimum absolute atomic E-state index is 0.706. The third-order valence-corrected chi connectivity index (χ3v) is 7.86. The lowest BCUT2D eigenvalue weighted by Crippen LogP contribution is -2.18. The average Bonchev–Trinajstić information content (AvgIpc) is 2.78. The summed E-state index contributed by atoms with van der Waals surface area (Å²) in [7, 11) is 0. The molecule has 1 nitrogen and oxygen atoms in total. The molecule has 0 spiro atoms. The van der Waals surface area contributed by atoms with Gasteiger partial charge in [0.2, 0.25) is 0 Å². The number of nitrogens with zero attached hydrogens (tertiary/aromatic N) is 1. The van der Waals surface area contributed by atoms with Crippen LogP contribution in [0.3, 0.4) is 0 Å². The SMILES string of the molecule is CCCCCCC[C@H]1CC[C@H](CC[C@H]2CC[C@H](CCC=CC=C(F)C#N)CC2)CC1. The van der Waals surface area contributed by atoms with E-state index in [0.29, 0.717) is 0 Å². The summed E-state index contributed by atoms with van der Waals surface area (Å²) in [5.74, 6) is 3.18. The molecule has 2 fully saturated rings. The van der Waals surface area contributed by atoms with Gasteiger partial charge in [-0.3, -0.25) is 0 Å². The molecule has 2 aliphatic carbocycles. The molecular formula is C28H46FN. The lowest BCUT2D eigenvalue weighted by molar-refractivity contribution is 0.208. The van der Waals surface area contributed by atoms with Gasteiger partial charge in [-0.25, -0.2) is 0 Å². The third kappa shape index (κ3) is 10.8. The van der Waals surface area contributed by atoms with Crippen LogP contribution in [0.1, 0.15) is 122 Å². The monoisotopic (exact) mass is 415 g/mol. The first-order valence-electron chi connectivity index (χ1n) is 13.1. The maximum absolute atomic E-state index is 12.7. The van der Waals surface area contributed by atoms with Crippen LogP contribution >= 0.6 is 0 Å². The van der Waals surface area contributed by atoms with Crippen molar-refractivity contribution in [3.63, 3.8) is 0 Å². The smallest absolute Gasteiger partial charge is 0.195 e. The summed E-state index contributed by atoms with van der Waals surface area (Å²) >= 11 is 0. The summed E-state index contributed by atoms with van der Waals surface area (Å²) < 4.78 is 12.7. The largest absolute Gasteiger partial charge is 0.199 e. The highest BCUT2D eigenvalue weighted by atomic mass is 19.1. The summed E-state index contributed by atoms with van der Waals surface area (Å²) in [6, 6.07) is 1.50. The Kier molecular flexibility index (Phi) is 13.1. The molecule has 0 unspecified atom stereocenters. The van der Waals surface area contributed by atoms with Crippen LogP contribution in [0, 0.1) is 35.0 Å². The van der Waals surface area contributed by atoms with Crippen molar-refractivity contribution in [1.29, 1.82) is 5.26 Å². The van der Waals surface area contributed by atoms with Gasteiger partial charge in [0.1, 0.15) is 6.07 Å². The molecule has 0 aromatic carbocycles. The van der Waals surface area contributed by atoms with Gasteiger partial charge < -0.3 is 0 Å². The molecule has 2 heteroatoms. The normalized spacial score (nSPS) is 28.0. The number of allylic oxidation sites excluding steroid dienone is 4. The van der Waals surface area contributed by atoms with Crippen LogP contribution in [-0.4, -0.2) is 0 Å². The lowest BCUT2D eigenvalue weighted by Gasteiger charge is -2.32. The number of unbranched alkanes of at least 4 members (excludes halogenated alkanes) is 4. The maximum atomic E-state index is 12.7. The number of rotatable bonds is 13. The molecule has 0 N–H and O–H groups in total. The van der Waals surface area contributed by atoms with Crippen LogP contribution in [0.15, 0.2) is 24.1 Å². The van der Waals surface area contributed by atoms with E-state index >= 15 is 0 Å². The van der Waals surface area contributed by atoms with Crippen molar-refractivity contribution < 1.29 is 4.39 Å². The van der Waals surface area contributed by atoms with Gasteiger partial charge in [-0.05, 0) is 42.6 Å². The van der Waals surface area contributed by atoms with Crippen LogP contribution in [0.4, 0.5) is 4.39 Å². The Morgan fingerprint density at radius 3 is 1.80 bits per heavy atom. The second-order valence-corrected chi connectivity index (χ2v) is 10.2. The standard InChI is InChI=1S/C28H46FN/c1-2-3-4-5-7-10-24-13-17-26(18-14-24)21-22-27-19-15-25(16-20-27)11-8-6-9-12-28(29)23-30/h6,9,12,24-27H,2-5,7-8,10-11,13-22H2,1H3/t24-,25-,26-,27-. The van der Waals surface area contributed by atoms with E-state index in [1.165, 1.54) is 121 Å². The molecule has 30 heavy (non-hydrogen) atoms. The molecule has 0 aromatic rings. The highest BCUT2D eigenvalue weighted by Gasteiger charge is 2.24. The predicted molar refractivity (Wildman–Crippen MR) is 127 cm³/mol. The number of halogens is 1. The van der Waals surface area contributed by atoms with Crippen LogP contribution < -0.4 is 0 Å². The summed E-state index contributed by atoms with van der Waals surface area (Å²) in [5.41, 5.74) is 0. The average molecular weight is 416 g/mol. The van der Waals surface area contributed by atoms with E-state index in [9.17, 15) is 4.39 Å². The Hall–Kier alpha value is -1.10. The predicted octanol–water partition coefficient (Wildman–Crippen LogP) is 9.45. The molecule has 0 atom stereocenters. The molecule has 0 aromatic heterocycles. The first-order chi connectivity index (χ1) is 14.7. The molecule has 0 saturated heterocycles. The topological polar surface area (TPSA) is 23.8 Å². The van der Waals surface area contributed by atoms with Crippen LogP contribution in [0.2, 0.25) is 0 Å². The summed E-state index contributed by atoms with van der Waals surface area (Å²) in [4.78, 5) is 0.